The normalized spacial score (nSPS) is 31.1. The fourth-order valence-electron chi connectivity index (χ4n) is 3.13. The Morgan fingerprint density at radius 3 is 2.41 bits per heavy atom. The Morgan fingerprint density at radius 1 is 1.06 bits per heavy atom. The molecule has 1 saturated heterocycles. The Hall–Kier alpha value is -0.900. The predicted octanol–water partition coefficient (Wildman–Crippen LogP) is 1.84. The van der Waals surface area contributed by atoms with Crippen LogP contribution in [0.5, 0.6) is 0 Å². The molecule has 1 unspecified atom stereocenters. The monoisotopic (exact) mass is 234 g/mol. The minimum Gasteiger partial charge on any atom is -0.395 e. The van der Waals surface area contributed by atoms with Crippen LogP contribution in [0.25, 0.3) is 0 Å². The van der Waals surface area contributed by atoms with E-state index in [0.717, 1.165) is 19.3 Å². The largest absolute Gasteiger partial charge is 0.395 e. The van der Waals surface area contributed by atoms with Gasteiger partial charge in [0, 0.05) is 18.3 Å². The number of rotatable bonds is 2. The molecule has 1 aromatic carbocycles. The number of hydrogen-bond acceptors (Lipinski definition) is 3. The number of benzene rings is 1. The maximum Gasteiger partial charge on any atom is 0.169 e. The molecule has 1 atom stereocenters. The van der Waals surface area contributed by atoms with Crippen LogP contribution >= 0.6 is 0 Å². The van der Waals surface area contributed by atoms with E-state index in [-0.39, 0.29) is 12.0 Å². The molecule has 1 N–H and O–H groups in total. The number of aliphatic hydroxyl groups is 1. The Bertz CT molecular complexity index is 384. The van der Waals surface area contributed by atoms with Gasteiger partial charge in [-0.15, -0.1) is 0 Å². The van der Waals surface area contributed by atoms with Crippen LogP contribution in [-0.4, -0.2) is 30.7 Å². The van der Waals surface area contributed by atoms with Gasteiger partial charge in [-0.05, 0) is 12.0 Å². The highest BCUT2D eigenvalue weighted by molar-refractivity contribution is 5.28. The second-order valence-electron chi connectivity index (χ2n) is 5.09. The topological polar surface area (TPSA) is 38.7 Å². The minimum atomic E-state index is -0.432. The fourth-order valence-corrected chi connectivity index (χ4v) is 3.13. The summed E-state index contributed by atoms with van der Waals surface area (Å²) in [7, 11) is 0. The summed E-state index contributed by atoms with van der Waals surface area (Å²) in [6.07, 6.45) is 2.57. The quantitative estimate of drug-likeness (QED) is 0.848. The third kappa shape index (κ3) is 1.79. The Labute approximate surface area is 101 Å². The van der Waals surface area contributed by atoms with Crippen molar-refractivity contribution in [3.8, 4) is 0 Å². The van der Waals surface area contributed by atoms with Crippen molar-refractivity contribution in [2.45, 2.75) is 30.5 Å². The van der Waals surface area contributed by atoms with Crippen LogP contribution in [0.4, 0.5) is 0 Å². The third-order valence-corrected chi connectivity index (χ3v) is 4.09. The van der Waals surface area contributed by atoms with Gasteiger partial charge in [0.25, 0.3) is 0 Å². The lowest BCUT2D eigenvalue weighted by molar-refractivity contribution is -0.154. The molecule has 1 heterocycles. The second-order valence-corrected chi connectivity index (χ2v) is 5.09. The molecule has 92 valence electrons. The van der Waals surface area contributed by atoms with Crippen molar-refractivity contribution >= 4 is 0 Å². The van der Waals surface area contributed by atoms with Gasteiger partial charge in [0.2, 0.25) is 0 Å². The summed E-state index contributed by atoms with van der Waals surface area (Å²) in [6, 6.07) is 10.2. The summed E-state index contributed by atoms with van der Waals surface area (Å²) in [5.74, 6) is -0.432. The van der Waals surface area contributed by atoms with E-state index in [4.69, 9.17) is 9.47 Å². The highest BCUT2D eigenvalue weighted by Gasteiger charge is 2.52. The van der Waals surface area contributed by atoms with Crippen LogP contribution in [0, 0.1) is 0 Å². The zero-order chi connectivity index (χ0) is 11.8. The molecular formula is C14H18O3. The van der Waals surface area contributed by atoms with Gasteiger partial charge in [-0.1, -0.05) is 30.3 Å². The Morgan fingerprint density at radius 2 is 1.76 bits per heavy atom. The standard InChI is InChI=1S/C14H18O3/c15-11-13(12-4-2-1-3-5-12)6-7-14(10-13)16-8-9-17-14/h1-5,15H,6-11H2. The molecule has 3 heteroatoms. The SMILES string of the molecule is OCC1(c2ccccc2)CCC2(C1)OCCO2. The second kappa shape index (κ2) is 4.09. The van der Waals surface area contributed by atoms with E-state index in [2.05, 4.69) is 12.1 Å². The molecule has 1 aliphatic carbocycles. The average Bonchev–Trinajstić information content (AvgIpc) is 3.00. The first-order chi connectivity index (χ1) is 8.29. The average molecular weight is 234 g/mol. The van der Waals surface area contributed by atoms with Crippen molar-refractivity contribution in [2.75, 3.05) is 19.8 Å². The van der Waals surface area contributed by atoms with Gasteiger partial charge in [0.05, 0.1) is 19.8 Å². The van der Waals surface area contributed by atoms with E-state index in [1.165, 1.54) is 5.56 Å². The third-order valence-electron chi connectivity index (χ3n) is 4.09. The van der Waals surface area contributed by atoms with Crippen molar-refractivity contribution in [3.63, 3.8) is 0 Å². The predicted molar refractivity (Wildman–Crippen MR) is 63.7 cm³/mol. The van der Waals surface area contributed by atoms with Crippen LogP contribution in [0.3, 0.4) is 0 Å². The van der Waals surface area contributed by atoms with Gasteiger partial charge in [-0.25, -0.2) is 0 Å². The van der Waals surface area contributed by atoms with E-state index in [1.54, 1.807) is 0 Å². The van der Waals surface area contributed by atoms with E-state index in [0.29, 0.717) is 13.2 Å². The first-order valence-corrected chi connectivity index (χ1v) is 6.23. The van der Waals surface area contributed by atoms with Gasteiger partial charge in [0.15, 0.2) is 5.79 Å². The van der Waals surface area contributed by atoms with E-state index in [1.807, 2.05) is 18.2 Å². The molecule has 0 aromatic heterocycles. The van der Waals surface area contributed by atoms with E-state index in [9.17, 15) is 5.11 Å². The summed E-state index contributed by atoms with van der Waals surface area (Å²) in [4.78, 5) is 0. The van der Waals surface area contributed by atoms with Crippen LogP contribution in [0.2, 0.25) is 0 Å². The summed E-state index contributed by atoms with van der Waals surface area (Å²) < 4.78 is 11.5. The lowest BCUT2D eigenvalue weighted by Gasteiger charge is -2.29. The first-order valence-electron chi connectivity index (χ1n) is 6.23. The first kappa shape index (κ1) is 11.2. The van der Waals surface area contributed by atoms with Crippen molar-refractivity contribution in [3.05, 3.63) is 35.9 Å². The molecule has 1 saturated carbocycles. The number of ether oxygens (including phenoxy) is 2. The van der Waals surface area contributed by atoms with Crippen molar-refractivity contribution in [1.29, 1.82) is 0 Å². The van der Waals surface area contributed by atoms with Crippen molar-refractivity contribution in [1.82, 2.24) is 0 Å². The summed E-state index contributed by atoms with van der Waals surface area (Å²) in [5.41, 5.74) is 1.00. The van der Waals surface area contributed by atoms with Gasteiger partial charge in [-0.2, -0.15) is 0 Å². The highest BCUT2D eigenvalue weighted by atomic mass is 16.7. The molecule has 2 fully saturated rings. The molecule has 1 spiro atoms. The van der Waals surface area contributed by atoms with E-state index < -0.39 is 5.79 Å². The maximum absolute atomic E-state index is 9.80. The lowest BCUT2D eigenvalue weighted by atomic mass is 9.79. The molecule has 1 aliphatic heterocycles. The van der Waals surface area contributed by atoms with Crippen molar-refractivity contribution < 1.29 is 14.6 Å². The molecule has 3 nitrogen and oxygen atoms in total. The maximum atomic E-state index is 9.80. The summed E-state index contributed by atoms with van der Waals surface area (Å²) in [6.45, 7) is 1.51. The van der Waals surface area contributed by atoms with Crippen molar-refractivity contribution in [2.24, 2.45) is 0 Å². The van der Waals surface area contributed by atoms with Gasteiger partial charge < -0.3 is 14.6 Å². The number of aliphatic hydroxyl groups excluding tert-OH is 1. The number of hydrogen-bond donors (Lipinski definition) is 1. The Kier molecular flexibility index (Phi) is 2.69. The zero-order valence-electron chi connectivity index (χ0n) is 9.89. The Balaban J connectivity index is 1.90. The lowest BCUT2D eigenvalue weighted by Crippen LogP contribution is -2.33. The van der Waals surface area contributed by atoms with Gasteiger partial charge >= 0.3 is 0 Å². The van der Waals surface area contributed by atoms with Crippen LogP contribution in [0.15, 0.2) is 30.3 Å². The summed E-state index contributed by atoms with van der Waals surface area (Å²) >= 11 is 0. The van der Waals surface area contributed by atoms with Gasteiger partial charge in [0.1, 0.15) is 0 Å². The molecule has 0 amide bonds. The minimum absolute atomic E-state index is 0.158. The highest BCUT2D eigenvalue weighted by Crippen LogP contribution is 2.49. The van der Waals surface area contributed by atoms with Crippen LogP contribution in [0.1, 0.15) is 24.8 Å². The smallest absolute Gasteiger partial charge is 0.169 e. The van der Waals surface area contributed by atoms with Crippen LogP contribution < -0.4 is 0 Å². The molecule has 2 aliphatic rings. The molecule has 0 bridgehead atoms. The van der Waals surface area contributed by atoms with Gasteiger partial charge in [-0.3, -0.25) is 0 Å². The molecular weight excluding hydrogens is 216 g/mol. The molecule has 1 aromatic rings. The molecule has 3 rings (SSSR count). The fraction of sp³-hybridized carbons (Fsp3) is 0.571. The molecule has 0 radical (unpaired) electrons. The zero-order valence-corrected chi connectivity index (χ0v) is 9.89. The molecule has 17 heavy (non-hydrogen) atoms. The van der Waals surface area contributed by atoms with Crippen LogP contribution in [-0.2, 0) is 14.9 Å². The van der Waals surface area contributed by atoms with E-state index >= 15 is 0 Å². The summed E-state index contributed by atoms with van der Waals surface area (Å²) in [5, 5.41) is 9.80.